The molecule has 1 N–H and O–H groups in total. The molecule has 1 aromatic heterocycles. The van der Waals surface area contributed by atoms with Gasteiger partial charge in [0.25, 0.3) is 0 Å². The van der Waals surface area contributed by atoms with Gasteiger partial charge in [0, 0.05) is 5.69 Å². The van der Waals surface area contributed by atoms with Crippen molar-refractivity contribution in [3.8, 4) is 0 Å². The van der Waals surface area contributed by atoms with E-state index in [-0.39, 0.29) is 0 Å². The van der Waals surface area contributed by atoms with Gasteiger partial charge in [-0.1, -0.05) is 38.1 Å². The van der Waals surface area contributed by atoms with Crippen LogP contribution in [0.15, 0.2) is 42.5 Å². The van der Waals surface area contributed by atoms with Crippen molar-refractivity contribution in [1.82, 2.24) is 4.98 Å². The Hall–Kier alpha value is -1.90. The van der Waals surface area contributed by atoms with E-state index >= 15 is 0 Å². The third kappa shape index (κ3) is 2.81. The van der Waals surface area contributed by atoms with Crippen LogP contribution >= 0.6 is 0 Å². The van der Waals surface area contributed by atoms with E-state index in [2.05, 4.69) is 30.2 Å². The van der Waals surface area contributed by atoms with E-state index in [1.54, 1.807) is 12.1 Å². The maximum atomic E-state index is 13.0. The van der Waals surface area contributed by atoms with Gasteiger partial charge in [-0.15, -0.1) is 0 Å². The monoisotopic (exact) mass is 230 g/mol. The van der Waals surface area contributed by atoms with Gasteiger partial charge in [0.1, 0.15) is 5.82 Å². The van der Waals surface area contributed by atoms with Crippen LogP contribution in [0.25, 0.3) is 0 Å². The number of aromatic nitrogens is 1. The largest absolute Gasteiger partial charge is 0.340 e. The minimum Gasteiger partial charge on any atom is -0.340 e. The summed E-state index contributed by atoms with van der Waals surface area (Å²) in [6.07, 6.45) is 0. The lowest BCUT2D eigenvalue weighted by Gasteiger charge is -2.13. The second-order valence-electron chi connectivity index (χ2n) is 4.21. The van der Waals surface area contributed by atoms with Crippen molar-refractivity contribution in [2.45, 2.75) is 19.8 Å². The Morgan fingerprint density at radius 1 is 1.06 bits per heavy atom. The van der Waals surface area contributed by atoms with Crippen LogP contribution in [0.5, 0.6) is 0 Å². The molecule has 0 spiro atoms. The number of rotatable bonds is 3. The molecule has 2 aromatic rings. The lowest BCUT2D eigenvalue weighted by atomic mass is 10.0. The van der Waals surface area contributed by atoms with E-state index < -0.39 is 5.95 Å². The molecule has 0 aliphatic heterocycles. The highest BCUT2D eigenvalue weighted by Gasteiger charge is 2.06. The fourth-order valence-corrected chi connectivity index (χ4v) is 1.73. The molecule has 0 saturated heterocycles. The second-order valence-corrected chi connectivity index (χ2v) is 4.21. The first-order valence-corrected chi connectivity index (χ1v) is 5.65. The Balaban J connectivity index is 2.30. The van der Waals surface area contributed by atoms with E-state index in [9.17, 15) is 4.39 Å². The molecule has 88 valence electrons. The van der Waals surface area contributed by atoms with Gasteiger partial charge in [-0.25, -0.2) is 4.98 Å². The first kappa shape index (κ1) is 11.6. The Morgan fingerprint density at radius 2 is 1.82 bits per heavy atom. The van der Waals surface area contributed by atoms with Gasteiger partial charge in [-0.05, 0) is 29.7 Å². The SMILES string of the molecule is CC(C)c1ccccc1Nc1cccc(F)n1. The van der Waals surface area contributed by atoms with Crippen LogP contribution in [0.3, 0.4) is 0 Å². The smallest absolute Gasteiger partial charge is 0.214 e. The normalized spacial score (nSPS) is 10.6. The summed E-state index contributed by atoms with van der Waals surface area (Å²) in [5.41, 5.74) is 2.17. The van der Waals surface area contributed by atoms with Crippen LogP contribution in [0.2, 0.25) is 0 Å². The summed E-state index contributed by atoms with van der Waals surface area (Å²) in [6.45, 7) is 4.25. The van der Waals surface area contributed by atoms with Crippen molar-refractivity contribution in [3.05, 3.63) is 54.0 Å². The average molecular weight is 230 g/mol. The van der Waals surface area contributed by atoms with Crippen molar-refractivity contribution in [2.24, 2.45) is 0 Å². The standard InChI is InChI=1S/C14H15FN2/c1-10(2)11-6-3-4-7-12(11)16-14-9-5-8-13(15)17-14/h3-10H,1-2H3,(H,16,17). The predicted octanol–water partition coefficient (Wildman–Crippen LogP) is 4.09. The molecule has 0 saturated carbocycles. The lowest BCUT2D eigenvalue weighted by molar-refractivity contribution is 0.585. The molecule has 0 aliphatic carbocycles. The summed E-state index contributed by atoms with van der Waals surface area (Å²) in [7, 11) is 0. The van der Waals surface area contributed by atoms with Crippen molar-refractivity contribution in [1.29, 1.82) is 0 Å². The second kappa shape index (κ2) is 4.95. The van der Waals surface area contributed by atoms with Gasteiger partial charge in [-0.3, -0.25) is 0 Å². The Labute approximate surface area is 101 Å². The molecule has 3 heteroatoms. The average Bonchev–Trinajstić information content (AvgIpc) is 2.29. The van der Waals surface area contributed by atoms with Gasteiger partial charge < -0.3 is 5.32 Å². The van der Waals surface area contributed by atoms with Crippen molar-refractivity contribution in [3.63, 3.8) is 0 Å². The minimum absolute atomic E-state index is 0.409. The number of pyridine rings is 1. The summed E-state index contributed by atoms with van der Waals surface area (Å²) >= 11 is 0. The number of para-hydroxylation sites is 1. The number of nitrogens with one attached hydrogen (secondary N) is 1. The first-order chi connectivity index (χ1) is 8.16. The Morgan fingerprint density at radius 3 is 2.53 bits per heavy atom. The van der Waals surface area contributed by atoms with Gasteiger partial charge in [-0.2, -0.15) is 4.39 Å². The van der Waals surface area contributed by atoms with E-state index in [0.29, 0.717) is 11.7 Å². The molecular formula is C14H15FN2. The first-order valence-electron chi connectivity index (χ1n) is 5.65. The third-order valence-electron chi connectivity index (χ3n) is 2.56. The fourth-order valence-electron chi connectivity index (χ4n) is 1.73. The summed E-state index contributed by atoms with van der Waals surface area (Å²) in [4.78, 5) is 3.79. The zero-order chi connectivity index (χ0) is 12.3. The van der Waals surface area contributed by atoms with E-state index in [4.69, 9.17) is 0 Å². The third-order valence-corrected chi connectivity index (χ3v) is 2.56. The van der Waals surface area contributed by atoms with Crippen LogP contribution in [-0.2, 0) is 0 Å². The zero-order valence-electron chi connectivity index (χ0n) is 9.94. The number of hydrogen-bond donors (Lipinski definition) is 1. The molecule has 0 radical (unpaired) electrons. The molecule has 0 amide bonds. The predicted molar refractivity (Wildman–Crippen MR) is 68.0 cm³/mol. The van der Waals surface area contributed by atoms with E-state index in [0.717, 1.165) is 5.69 Å². The van der Waals surface area contributed by atoms with Crippen LogP contribution < -0.4 is 5.32 Å². The number of nitrogens with zero attached hydrogens (tertiary/aromatic N) is 1. The molecule has 2 rings (SSSR count). The van der Waals surface area contributed by atoms with Gasteiger partial charge in [0.15, 0.2) is 0 Å². The fraction of sp³-hybridized carbons (Fsp3) is 0.214. The summed E-state index contributed by atoms with van der Waals surface area (Å²) < 4.78 is 13.0. The highest BCUT2D eigenvalue weighted by atomic mass is 19.1. The van der Waals surface area contributed by atoms with Crippen molar-refractivity contribution in [2.75, 3.05) is 5.32 Å². The van der Waals surface area contributed by atoms with Gasteiger partial charge >= 0.3 is 0 Å². The van der Waals surface area contributed by atoms with Crippen LogP contribution in [-0.4, -0.2) is 4.98 Å². The quantitative estimate of drug-likeness (QED) is 0.803. The van der Waals surface area contributed by atoms with E-state index in [1.165, 1.54) is 11.6 Å². The Bertz CT molecular complexity index is 509. The molecule has 2 nitrogen and oxygen atoms in total. The number of anilines is 2. The highest BCUT2D eigenvalue weighted by molar-refractivity contribution is 5.61. The molecule has 0 unspecified atom stereocenters. The number of hydrogen-bond acceptors (Lipinski definition) is 2. The van der Waals surface area contributed by atoms with Gasteiger partial charge in [0.2, 0.25) is 5.95 Å². The molecule has 0 fully saturated rings. The van der Waals surface area contributed by atoms with Crippen LogP contribution in [0, 0.1) is 5.95 Å². The molecule has 17 heavy (non-hydrogen) atoms. The number of benzene rings is 1. The molecular weight excluding hydrogens is 215 g/mol. The summed E-state index contributed by atoms with van der Waals surface area (Å²) in [6, 6.07) is 12.7. The molecule has 1 heterocycles. The molecule has 1 aromatic carbocycles. The van der Waals surface area contributed by atoms with Crippen LogP contribution in [0.1, 0.15) is 25.3 Å². The van der Waals surface area contributed by atoms with Gasteiger partial charge in [0.05, 0.1) is 0 Å². The molecule has 0 atom stereocenters. The summed E-state index contributed by atoms with van der Waals surface area (Å²) in [5.74, 6) is 0.461. The van der Waals surface area contributed by atoms with Crippen molar-refractivity contribution < 1.29 is 4.39 Å². The molecule has 0 aliphatic rings. The topological polar surface area (TPSA) is 24.9 Å². The van der Waals surface area contributed by atoms with Crippen molar-refractivity contribution >= 4 is 11.5 Å². The maximum absolute atomic E-state index is 13.0. The highest BCUT2D eigenvalue weighted by Crippen LogP contribution is 2.26. The Kier molecular flexibility index (Phi) is 3.38. The minimum atomic E-state index is -0.475. The molecule has 0 bridgehead atoms. The lowest BCUT2D eigenvalue weighted by Crippen LogP contribution is -1.99. The van der Waals surface area contributed by atoms with E-state index in [1.807, 2.05) is 18.2 Å². The van der Waals surface area contributed by atoms with Crippen LogP contribution in [0.4, 0.5) is 15.9 Å². The summed E-state index contributed by atoms with van der Waals surface area (Å²) in [5, 5.41) is 3.14. The zero-order valence-corrected chi connectivity index (χ0v) is 9.94. The number of halogens is 1. The maximum Gasteiger partial charge on any atom is 0.214 e.